The molecular formula is C14H8Br2O4. The molecule has 0 aliphatic heterocycles. The number of rotatable bonds is 2. The fraction of sp³-hybridized carbons (Fsp3) is 0. The molecule has 0 saturated carbocycles. The van der Waals surface area contributed by atoms with E-state index in [9.17, 15) is 9.59 Å². The van der Waals surface area contributed by atoms with Gasteiger partial charge >= 0.3 is 11.9 Å². The van der Waals surface area contributed by atoms with E-state index in [1.54, 1.807) is 48.5 Å². The lowest BCUT2D eigenvalue weighted by molar-refractivity contribution is -0.187. The second-order valence-electron chi connectivity index (χ2n) is 3.70. The number of hydrogen-bond acceptors (Lipinski definition) is 4. The van der Waals surface area contributed by atoms with Gasteiger partial charge in [-0.1, -0.05) is 24.3 Å². The Kier molecular flexibility index (Phi) is 4.92. The second kappa shape index (κ2) is 6.67. The zero-order valence-corrected chi connectivity index (χ0v) is 13.2. The van der Waals surface area contributed by atoms with Gasteiger partial charge in [-0.3, -0.25) is 0 Å². The molecule has 102 valence electrons. The van der Waals surface area contributed by atoms with E-state index in [1.807, 2.05) is 0 Å². The molecule has 0 aromatic heterocycles. The highest BCUT2D eigenvalue weighted by atomic mass is 79.9. The van der Waals surface area contributed by atoms with Crippen LogP contribution in [0.15, 0.2) is 57.5 Å². The van der Waals surface area contributed by atoms with E-state index in [-0.39, 0.29) is 11.1 Å². The van der Waals surface area contributed by atoms with Crippen molar-refractivity contribution in [2.45, 2.75) is 0 Å². The third kappa shape index (κ3) is 3.46. The van der Waals surface area contributed by atoms with Crippen molar-refractivity contribution in [3.8, 4) is 0 Å². The number of hydrogen-bond donors (Lipinski definition) is 0. The summed E-state index contributed by atoms with van der Waals surface area (Å²) in [5.74, 6) is -1.50. The zero-order chi connectivity index (χ0) is 14.5. The molecule has 0 heterocycles. The van der Waals surface area contributed by atoms with Gasteiger partial charge in [-0.05, 0) is 56.1 Å². The van der Waals surface area contributed by atoms with E-state index < -0.39 is 11.9 Å². The minimum absolute atomic E-state index is 0.271. The summed E-state index contributed by atoms with van der Waals surface area (Å²) in [4.78, 5) is 32.6. The van der Waals surface area contributed by atoms with Gasteiger partial charge in [0, 0.05) is 8.95 Å². The molecule has 20 heavy (non-hydrogen) atoms. The highest BCUT2D eigenvalue weighted by molar-refractivity contribution is 9.10. The predicted molar refractivity (Wildman–Crippen MR) is 79.1 cm³/mol. The van der Waals surface area contributed by atoms with Crippen LogP contribution in [0.4, 0.5) is 0 Å². The molecule has 0 aliphatic rings. The van der Waals surface area contributed by atoms with Crippen molar-refractivity contribution in [2.24, 2.45) is 0 Å². The standard InChI is InChI=1S/C14H8Br2O4/c15-11-7-3-1-5-9(11)13(17)19-20-14(18)10-6-2-4-8-12(10)16/h1-8H. The molecule has 2 aromatic carbocycles. The van der Waals surface area contributed by atoms with Crippen LogP contribution < -0.4 is 0 Å². The predicted octanol–water partition coefficient (Wildman–Crippen LogP) is 4.14. The van der Waals surface area contributed by atoms with Gasteiger partial charge in [0.05, 0.1) is 11.1 Å². The molecule has 0 spiro atoms. The largest absolute Gasteiger partial charge is 0.387 e. The van der Waals surface area contributed by atoms with Crippen molar-refractivity contribution in [3.05, 3.63) is 68.6 Å². The summed E-state index contributed by atoms with van der Waals surface area (Å²) in [7, 11) is 0. The Labute approximate surface area is 131 Å². The molecule has 0 unspecified atom stereocenters. The molecule has 0 bridgehead atoms. The van der Waals surface area contributed by atoms with Crippen molar-refractivity contribution in [1.29, 1.82) is 0 Å². The highest BCUT2D eigenvalue weighted by Crippen LogP contribution is 2.19. The Morgan fingerprint density at radius 1 is 0.700 bits per heavy atom. The number of benzene rings is 2. The van der Waals surface area contributed by atoms with Crippen molar-refractivity contribution >= 4 is 43.8 Å². The minimum atomic E-state index is -0.752. The second-order valence-corrected chi connectivity index (χ2v) is 5.41. The van der Waals surface area contributed by atoms with E-state index in [0.717, 1.165) is 0 Å². The molecule has 0 saturated heterocycles. The van der Waals surface area contributed by atoms with Crippen LogP contribution in [0.25, 0.3) is 0 Å². The first-order chi connectivity index (χ1) is 9.59. The van der Waals surface area contributed by atoms with Gasteiger partial charge in [0.1, 0.15) is 0 Å². The molecule has 0 amide bonds. The van der Waals surface area contributed by atoms with E-state index >= 15 is 0 Å². The first-order valence-corrected chi connectivity index (χ1v) is 7.10. The number of carbonyl (C=O) groups excluding carboxylic acids is 2. The van der Waals surface area contributed by atoms with Gasteiger partial charge in [0.2, 0.25) is 0 Å². The Morgan fingerprint density at radius 2 is 1.05 bits per heavy atom. The Balaban J connectivity index is 2.03. The van der Waals surface area contributed by atoms with Crippen LogP contribution in [0, 0.1) is 0 Å². The molecule has 0 atom stereocenters. The molecule has 0 radical (unpaired) electrons. The summed E-state index contributed by atoms with van der Waals surface area (Å²) >= 11 is 6.42. The van der Waals surface area contributed by atoms with Crippen molar-refractivity contribution in [2.75, 3.05) is 0 Å². The fourth-order valence-electron chi connectivity index (χ4n) is 1.42. The summed E-state index contributed by atoms with van der Waals surface area (Å²) in [5.41, 5.74) is 0.542. The SMILES string of the molecule is O=C(OOC(=O)c1ccccc1Br)c1ccccc1Br. The zero-order valence-electron chi connectivity index (χ0n) is 10.0. The van der Waals surface area contributed by atoms with E-state index in [1.165, 1.54) is 0 Å². The normalized spacial score (nSPS) is 9.90. The molecule has 2 aromatic rings. The highest BCUT2D eigenvalue weighted by Gasteiger charge is 2.17. The lowest BCUT2D eigenvalue weighted by atomic mass is 10.2. The summed E-state index contributed by atoms with van der Waals surface area (Å²) in [5, 5.41) is 0. The monoisotopic (exact) mass is 398 g/mol. The molecule has 6 heteroatoms. The third-order valence-corrected chi connectivity index (χ3v) is 3.76. The molecule has 0 N–H and O–H groups in total. The van der Waals surface area contributed by atoms with E-state index in [2.05, 4.69) is 41.6 Å². The maximum Gasteiger partial charge on any atom is 0.387 e. The van der Waals surface area contributed by atoms with Crippen molar-refractivity contribution in [1.82, 2.24) is 0 Å². The Bertz CT molecular complexity index is 598. The fourth-order valence-corrected chi connectivity index (χ4v) is 2.31. The third-order valence-electron chi connectivity index (χ3n) is 2.38. The molecule has 0 fully saturated rings. The van der Waals surface area contributed by atoms with Crippen molar-refractivity contribution in [3.63, 3.8) is 0 Å². The maximum atomic E-state index is 11.7. The lowest BCUT2D eigenvalue weighted by Crippen LogP contribution is -2.12. The van der Waals surface area contributed by atoms with Crippen LogP contribution >= 0.6 is 31.9 Å². The topological polar surface area (TPSA) is 52.6 Å². The molecule has 4 nitrogen and oxygen atoms in total. The Hall–Kier alpha value is -1.66. The van der Waals surface area contributed by atoms with Gasteiger partial charge in [-0.25, -0.2) is 19.4 Å². The van der Waals surface area contributed by atoms with Crippen LogP contribution in [-0.2, 0) is 9.78 Å². The van der Waals surface area contributed by atoms with Crippen LogP contribution in [0.3, 0.4) is 0 Å². The number of halogens is 2. The first-order valence-electron chi connectivity index (χ1n) is 5.52. The van der Waals surface area contributed by atoms with Gasteiger partial charge in [0.25, 0.3) is 0 Å². The summed E-state index contributed by atoms with van der Waals surface area (Å²) in [6.45, 7) is 0. The Morgan fingerprint density at radius 3 is 1.40 bits per heavy atom. The molecular weight excluding hydrogens is 392 g/mol. The average Bonchev–Trinajstić information content (AvgIpc) is 2.45. The average molecular weight is 400 g/mol. The number of carbonyl (C=O) groups is 2. The summed E-state index contributed by atoms with van der Waals surface area (Å²) in [6, 6.07) is 13.4. The van der Waals surface area contributed by atoms with Crippen LogP contribution in [0.1, 0.15) is 20.7 Å². The quantitative estimate of drug-likeness (QED) is 0.562. The van der Waals surface area contributed by atoms with Crippen LogP contribution in [0.2, 0.25) is 0 Å². The van der Waals surface area contributed by atoms with E-state index in [4.69, 9.17) is 0 Å². The first kappa shape index (κ1) is 14.7. The summed E-state index contributed by atoms with van der Waals surface area (Å²) < 4.78 is 1.11. The molecule has 2 rings (SSSR count). The summed E-state index contributed by atoms with van der Waals surface area (Å²) in [6.07, 6.45) is 0. The van der Waals surface area contributed by atoms with Crippen molar-refractivity contribution < 1.29 is 19.4 Å². The van der Waals surface area contributed by atoms with E-state index in [0.29, 0.717) is 8.95 Å². The van der Waals surface area contributed by atoms with Gasteiger partial charge in [-0.2, -0.15) is 0 Å². The smallest absolute Gasteiger partial charge is 0.241 e. The maximum absolute atomic E-state index is 11.7. The van der Waals surface area contributed by atoms with Crippen LogP contribution in [0.5, 0.6) is 0 Å². The van der Waals surface area contributed by atoms with Gasteiger partial charge < -0.3 is 0 Å². The van der Waals surface area contributed by atoms with Crippen LogP contribution in [-0.4, -0.2) is 11.9 Å². The lowest BCUT2D eigenvalue weighted by Gasteiger charge is -2.05. The molecule has 0 aliphatic carbocycles. The van der Waals surface area contributed by atoms with Gasteiger partial charge in [0.15, 0.2) is 0 Å². The van der Waals surface area contributed by atoms with Gasteiger partial charge in [-0.15, -0.1) is 0 Å². The minimum Gasteiger partial charge on any atom is -0.241 e.